The summed E-state index contributed by atoms with van der Waals surface area (Å²) in [6.07, 6.45) is 2.56. The van der Waals surface area contributed by atoms with E-state index in [9.17, 15) is 4.79 Å². The second-order valence-electron chi connectivity index (χ2n) is 6.37. The molecule has 0 heterocycles. The minimum absolute atomic E-state index is 0.132. The summed E-state index contributed by atoms with van der Waals surface area (Å²) < 4.78 is 5.38. The van der Waals surface area contributed by atoms with E-state index < -0.39 is 5.97 Å². The van der Waals surface area contributed by atoms with Crippen molar-refractivity contribution in [3.05, 3.63) is 18.8 Å². The minimum atomic E-state index is -0.611. The summed E-state index contributed by atoms with van der Waals surface area (Å²) in [5.74, 6) is -0.611. The molecule has 0 aliphatic rings. The van der Waals surface area contributed by atoms with Crippen LogP contribution in [-0.4, -0.2) is 19.2 Å². The van der Waals surface area contributed by atoms with Crippen molar-refractivity contribution in [1.29, 1.82) is 0 Å². The Morgan fingerprint density at radius 2 is 1.74 bits per heavy atom. The van der Waals surface area contributed by atoms with Crippen LogP contribution in [0.5, 0.6) is 0 Å². The lowest BCUT2D eigenvalue weighted by molar-refractivity contribution is -0.280. The lowest BCUT2D eigenvalue weighted by Gasteiger charge is -2.36. The van der Waals surface area contributed by atoms with Crippen molar-refractivity contribution in [2.75, 3.05) is 13.2 Å². The van der Waals surface area contributed by atoms with Gasteiger partial charge in [-0.25, -0.2) is 4.79 Å². The van der Waals surface area contributed by atoms with Gasteiger partial charge in [0.1, 0.15) is 0 Å². The Bertz CT molecular complexity index is 289. The number of hydrogen-bond donors (Lipinski definition) is 0. The van der Waals surface area contributed by atoms with Crippen LogP contribution in [0.15, 0.2) is 12.7 Å². The molecule has 0 bridgehead atoms. The SMILES string of the molecule is C=CC(=O)OO[C](COCC)C(C)(C)CC(C)(C)C. The largest absolute Gasteiger partial charge is 0.378 e. The first-order chi connectivity index (χ1) is 8.62. The fraction of sp³-hybridized carbons (Fsp3) is 0.733. The summed E-state index contributed by atoms with van der Waals surface area (Å²) in [5.41, 5.74) is -0.123. The molecule has 0 amide bonds. The maximum Gasteiger partial charge on any atom is 0.365 e. The van der Waals surface area contributed by atoms with Gasteiger partial charge < -0.3 is 4.74 Å². The normalized spacial score (nSPS) is 12.6. The van der Waals surface area contributed by atoms with Gasteiger partial charge in [-0.15, -0.1) is 0 Å². The average molecular weight is 271 g/mol. The van der Waals surface area contributed by atoms with Crippen LogP contribution in [0, 0.1) is 16.9 Å². The van der Waals surface area contributed by atoms with Crippen LogP contribution in [0.4, 0.5) is 0 Å². The Hall–Kier alpha value is -0.870. The smallest absolute Gasteiger partial charge is 0.365 e. The number of hydrogen-bond acceptors (Lipinski definition) is 4. The Morgan fingerprint density at radius 1 is 1.16 bits per heavy atom. The molecule has 4 nitrogen and oxygen atoms in total. The van der Waals surface area contributed by atoms with E-state index in [-0.39, 0.29) is 10.8 Å². The highest BCUT2D eigenvalue weighted by atomic mass is 17.2. The lowest BCUT2D eigenvalue weighted by atomic mass is 9.73. The van der Waals surface area contributed by atoms with Crippen LogP contribution in [-0.2, 0) is 19.3 Å². The van der Waals surface area contributed by atoms with Crippen molar-refractivity contribution in [3.8, 4) is 0 Å². The Balaban J connectivity index is 4.70. The molecule has 4 heteroatoms. The van der Waals surface area contributed by atoms with Crippen LogP contribution >= 0.6 is 0 Å². The fourth-order valence-electron chi connectivity index (χ4n) is 2.08. The Labute approximate surface area is 117 Å². The third kappa shape index (κ3) is 8.01. The predicted molar refractivity (Wildman–Crippen MR) is 75.0 cm³/mol. The first-order valence-corrected chi connectivity index (χ1v) is 6.57. The molecule has 0 unspecified atom stereocenters. The standard InChI is InChI=1S/C15H27O4/c1-8-13(16)19-18-12(10-17-9-2)15(6,7)11-14(3,4)5/h8H,1,9-11H2,2-7H3. The molecule has 0 aliphatic heterocycles. The number of carbonyl (C=O) groups is 1. The number of ether oxygens (including phenoxy) is 1. The molecular weight excluding hydrogens is 244 g/mol. The zero-order chi connectivity index (χ0) is 15.1. The van der Waals surface area contributed by atoms with E-state index in [0.717, 1.165) is 12.5 Å². The molecular formula is C15H27O4. The van der Waals surface area contributed by atoms with Crippen LogP contribution < -0.4 is 0 Å². The molecule has 0 atom stereocenters. The van der Waals surface area contributed by atoms with Gasteiger partial charge in [0.25, 0.3) is 0 Å². The van der Waals surface area contributed by atoms with Crippen LogP contribution in [0.25, 0.3) is 0 Å². The topological polar surface area (TPSA) is 44.8 Å². The quantitative estimate of drug-likeness (QED) is 0.384. The van der Waals surface area contributed by atoms with E-state index in [4.69, 9.17) is 9.62 Å². The third-order valence-electron chi connectivity index (χ3n) is 2.56. The first-order valence-electron chi connectivity index (χ1n) is 6.57. The van der Waals surface area contributed by atoms with Gasteiger partial charge in [-0.1, -0.05) is 41.2 Å². The monoisotopic (exact) mass is 271 g/mol. The Kier molecular flexibility index (Phi) is 7.30. The molecule has 0 aromatic heterocycles. The first kappa shape index (κ1) is 18.1. The highest BCUT2D eigenvalue weighted by Gasteiger charge is 2.37. The zero-order valence-electron chi connectivity index (χ0n) is 13.0. The van der Waals surface area contributed by atoms with Crippen LogP contribution in [0.1, 0.15) is 48.0 Å². The van der Waals surface area contributed by atoms with E-state index in [0.29, 0.717) is 19.3 Å². The van der Waals surface area contributed by atoms with E-state index in [2.05, 4.69) is 32.2 Å². The van der Waals surface area contributed by atoms with Crippen LogP contribution in [0.3, 0.4) is 0 Å². The van der Waals surface area contributed by atoms with Crippen LogP contribution in [0.2, 0.25) is 0 Å². The molecule has 0 N–H and O–H groups in total. The van der Waals surface area contributed by atoms with Gasteiger partial charge in [0, 0.05) is 18.1 Å². The average Bonchev–Trinajstić information content (AvgIpc) is 2.24. The molecule has 0 aromatic carbocycles. The minimum Gasteiger partial charge on any atom is -0.378 e. The molecule has 0 fully saturated rings. The summed E-state index contributed by atoms with van der Waals surface area (Å²) in [7, 11) is 0. The Morgan fingerprint density at radius 3 is 2.16 bits per heavy atom. The summed E-state index contributed by atoms with van der Waals surface area (Å²) >= 11 is 0. The van der Waals surface area contributed by atoms with Crippen molar-refractivity contribution in [1.82, 2.24) is 0 Å². The summed E-state index contributed by atoms with van der Waals surface area (Å²) in [6, 6.07) is 0. The third-order valence-corrected chi connectivity index (χ3v) is 2.56. The van der Waals surface area contributed by atoms with Crippen molar-refractivity contribution >= 4 is 5.97 Å². The van der Waals surface area contributed by atoms with Gasteiger partial charge in [0.15, 0.2) is 6.10 Å². The van der Waals surface area contributed by atoms with Gasteiger partial charge in [-0.3, -0.25) is 4.89 Å². The highest BCUT2D eigenvalue weighted by Crippen LogP contribution is 2.41. The molecule has 19 heavy (non-hydrogen) atoms. The summed E-state index contributed by atoms with van der Waals surface area (Å²) in [6.45, 7) is 16.7. The van der Waals surface area contributed by atoms with E-state index >= 15 is 0 Å². The fourth-order valence-corrected chi connectivity index (χ4v) is 2.08. The van der Waals surface area contributed by atoms with Crippen molar-refractivity contribution in [3.63, 3.8) is 0 Å². The molecule has 0 aromatic rings. The van der Waals surface area contributed by atoms with E-state index in [1.54, 1.807) is 0 Å². The van der Waals surface area contributed by atoms with Crippen molar-refractivity contribution < 1.29 is 19.3 Å². The molecule has 0 saturated carbocycles. The second-order valence-corrected chi connectivity index (χ2v) is 6.37. The van der Waals surface area contributed by atoms with Gasteiger partial charge in [0.2, 0.25) is 0 Å². The summed E-state index contributed by atoms with van der Waals surface area (Å²) in [4.78, 5) is 20.9. The number of carbonyl (C=O) groups excluding carboxylic acids is 1. The molecule has 0 rings (SSSR count). The molecule has 0 saturated heterocycles. The van der Waals surface area contributed by atoms with Gasteiger partial charge in [-0.05, 0) is 18.8 Å². The van der Waals surface area contributed by atoms with Gasteiger partial charge in [0.05, 0.1) is 6.61 Å². The molecule has 111 valence electrons. The predicted octanol–water partition coefficient (Wildman–Crippen LogP) is 3.68. The molecule has 1 radical (unpaired) electrons. The highest BCUT2D eigenvalue weighted by molar-refractivity contribution is 5.80. The summed E-state index contributed by atoms with van der Waals surface area (Å²) in [5, 5.41) is 0. The maximum atomic E-state index is 11.1. The lowest BCUT2D eigenvalue weighted by Crippen LogP contribution is -2.33. The van der Waals surface area contributed by atoms with Gasteiger partial charge >= 0.3 is 5.97 Å². The van der Waals surface area contributed by atoms with Crippen molar-refractivity contribution in [2.45, 2.75) is 48.0 Å². The molecule has 0 spiro atoms. The molecule has 0 aliphatic carbocycles. The van der Waals surface area contributed by atoms with Gasteiger partial charge in [-0.2, -0.15) is 4.89 Å². The second kappa shape index (κ2) is 7.65. The zero-order valence-corrected chi connectivity index (χ0v) is 13.0. The maximum absolute atomic E-state index is 11.1. The van der Waals surface area contributed by atoms with E-state index in [1.807, 2.05) is 20.8 Å². The van der Waals surface area contributed by atoms with E-state index in [1.165, 1.54) is 0 Å². The number of rotatable bonds is 8. The van der Waals surface area contributed by atoms with Crippen molar-refractivity contribution in [2.24, 2.45) is 10.8 Å².